The van der Waals surface area contributed by atoms with Crippen LogP contribution in [0.5, 0.6) is 0 Å². The number of hydrogen-bond acceptors (Lipinski definition) is 1. The van der Waals surface area contributed by atoms with Crippen molar-refractivity contribution in [3.05, 3.63) is 52.8 Å². The molecule has 0 atom stereocenters. The summed E-state index contributed by atoms with van der Waals surface area (Å²) in [5, 5.41) is 0. The highest BCUT2D eigenvalue weighted by Crippen LogP contribution is 2.27. The number of aromatic nitrogens is 1. The Kier molecular flexibility index (Phi) is 3.58. The number of para-hydroxylation sites is 1. The molecule has 1 aromatic carbocycles. The lowest BCUT2D eigenvalue weighted by Crippen LogP contribution is -2.36. The van der Waals surface area contributed by atoms with Crippen LogP contribution in [-0.4, -0.2) is 17.0 Å². The van der Waals surface area contributed by atoms with E-state index in [1.807, 2.05) is 11.0 Å². The Bertz CT molecular complexity index is 685. The summed E-state index contributed by atoms with van der Waals surface area (Å²) < 4.78 is 2.15. The standard InChI is InChI=1S/C18H22N2O/c1-13-11-16(14(2)19(13)3)12-18(21)20-10-6-8-15-7-4-5-9-17(15)20/h4-5,7,9,11H,6,8,10,12H2,1-3H3. The number of anilines is 1. The molecular formula is C18H22N2O. The summed E-state index contributed by atoms with van der Waals surface area (Å²) in [6.07, 6.45) is 2.61. The molecule has 21 heavy (non-hydrogen) atoms. The predicted molar refractivity (Wildman–Crippen MR) is 85.7 cm³/mol. The van der Waals surface area contributed by atoms with Crippen LogP contribution in [0.3, 0.4) is 0 Å². The van der Waals surface area contributed by atoms with E-state index in [-0.39, 0.29) is 5.91 Å². The average molecular weight is 282 g/mol. The van der Waals surface area contributed by atoms with Crippen molar-refractivity contribution in [3.8, 4) is 0 Å². The van der Waals surface area contributed by atoms with Crippen LogP contribution >= 0.6 is 0 Å². The molecule has 0 fully saturated rings. The molecule has 0 saturated carbocycles. The van der Waals surface area contributed by atoms with Gasteiger partial charge in [-0.1, -0.05) is 18.2 Å². The van der Waals surface area contributed by atoms with Gasteiger partial charge in [-0.25, -0.2) is 0 Å². The molecule has 1 aromatic heterocycles. The summed E-state index contributed by atoms with van der Waals surface area (Å²) >= 11 is 0. The minimum Gasteiger partial charge on any atom is -0.352 e. The molecule has 3 heteroatoms. The first-order chi connectivity index (χ1) is 10.1. The van der Waals surface area contributed by atoms with Crippen molar-refractivity contribution in [3.63, 3.8) is 0 Å². The van der Waals surface area contributed by atoms with Crippen molar-refractivity contribution in [1.82, 2.24) is 4.57 Å². The van der Waals surface area contributed by atoms with E-state index < -0.39 is 0 Å². The van der Waals surface area contributed by atoms with Gasteiger partial charge in [0.2, 0.25) is 5.91 Å². The van der Waals surface area contributed by atoms with Crippen LogP contribution in [0.4, 0.5) is 5.69 Å². The molecule has 1 aliphatic rings. The second-order valence-electron chi connectivity index (χ2n) is 5.91. The first-order valence-electron chi connectivity index (χ1n) is 7.58. The van der Waals surface area contributed by atoms with E-state index in [1.54, 1.807) is 0 Å². The highest BCUT2D eigenvalue weighted by Gasteiger charge is 2.23. The molecule has 0 N–H and O–H groups in total. The molecule has 3 rings (SSSR count). The Morgan fingerprint density at radius 2 is 2.00 bits per heavy atom. The van der Waals surface area contributed by atoms with Crippen molar-refractivity contribution in [2.24, 2.45) is 7.05 Å². The van der Waals surface area contributed by atoms with E-state index in [0.717, 1.165) is 30.6 Å². The Hall–Kier alpha value is -2.03. The highest BCUT2D eigenvalue weighted by molar-refractivity contribution is 5.96. The SMILES string of the molecule is Cc1cc(CC(=O)N2CCCc3ccccc32)c(C)n1C. The predicted octanol–water partition coefficient (Wildman–Crippen LogP) is 3.16. The van der Waals surface area contributed by atoms with E-state index in [1.165, 1.54) is 17.0 Å². The molecule has 2 heterocycles. The fraction of sp³-hybridized carbons (Fsp3) is 0.389. The van der Waals surface area contributed by atoms with Gasteiger partial charge in [-0.3, -0.25) is 4.79 Å². The van der Waals surface area contributed by atoms with Crippen molar-refractivity contribution in [2.45, 2.75) is 33.1 Å². The van der Waals surface area contributed by atoms with Gasteiger partial charge in [-0.05, 0) is 49.9 Å². The maximum atomic E-state index is 12.7. The normalized spacial score (nSPS) is 14.1. The molecule has 0 aliphatic carbocycles. The first-order valence-corrected chi connectivity index (χ1v) is 7.58. The Morgan fingerprint density at radius 1 is 1.24 bits per heavy atom. The molecule has 110 valence electrons. The Labute approximate surface area is 126 Å². The van der Waals surface area contributed by atoms with Crippen molar-refractivity contribution in [2.75, 3.05) is 11.4 Å². The number of amides is 1. The second-order valence-corrected chi connectivity index (χ2v) is 5.91. The zero-order valence-electron chi connectivity index (χ0n) is 13.0. The van der Waals surface area contributed by atoms with Gasteiger partial charge in [-0.2, -0.15) is 0 Å². The largest absolute Gasteiger partial charge is 0.352 e. The molecule has 3 nitrogen and oxygen atoms in total. The molecule has 0 radical (unpaired) electrons. The summed E-state index contributed by atoms with van der Waals surface area (Å²) in [6.45, 7) is 5.00. The smallest absolute Gasteiger partial charge is 0.231 e. The summed E-state index contributed by atoms with van der Waals surface area (Å²) in [7, 11) is 2.05. The van der Waals surface area contributed by atoms with Gasteiger partial charge >= 0.3 is 0 Å². The van der Waals surface area contributed by atoms with Crippen LogP contribution in [0.2, 0.25) is 0 Å². The lowest BCUT2D eigenvalue weighted by molar-refractivity contribution is -0.118. The summed E-state index contributed by atoms with van der Waals surface area (Å²) in [6, 6.07) is 10.4. The minimum absolute atomic E-state index is 0.204. The van der Waals surface area contributed by atoms with E-state index in [0.29, 0.717) is 6.42 Å². The van der Waals surface area contributed by atoms with E-state index in [9.17, 15) is 4.79 Å². The maximum Gasteiger partial charge on any atom is 0.231 e. The maximum absolute atomic E-state index is 12.7. The summed E-state index contributed by atoms with van der Waals surface area (Å²) in [5.41, 5.74) is 5.92. The van der Waals surface area contributed by atoms with Crippen LogP contribution in [0.25, 0.3) is 0 Å². The molecule has 0 spiro atoms. The molecular weight excluding hydrogens is 260 g/mol. The van der Waals surface area contributed by atoms with Gasteiger partial charge in [0, 0.05) is 30.7 Å². The van der Waals surface area contributed by atoms with Gasteiger partial charge in [0.25, 0.3) is 0 Å². The number of fused-ring (bicyclic) bond motifs is 1. The quantitative estimate of drug-likeness (QED) is 0.830. The fourth-order valence-corrected chi connectivity index (χ4v) is 3.16. The Morgan fingerprint density at radius 3 is 2.71 bits per heavy atom. The van der Waals surface area contributed by atoms with Crippen LogP contribution in [-0.2, 0) is 24.7 Å². The number of rotatable bonds is 2. The lowest BCUT2D eigenvalue weighted by atomic mass is 10.0. The second kappa shape index (κ2) is 5.40. The molecule has 0 bridgehead atoms. The third-order valence-electron chi connectivity index (χ3n) is 4.63. The van der Waals surface area contributed by atoms with Gasteiger partial charge in [-0.15, -0.1) is 0 Å². The third kappa shape index (κ3) is 2.48. The summed E-state index contributed by atoms with van der Waals surface area (Å²) in [5.74, 6) is 0.204. The molecule has 0 unspecified atom stereocenters. The number of carbonyl (C=O) groups excluding carboxylic acids is 1. The minimum atomic E-state index is 0.204. The van der Waals surface area contributed by atoms with E-state index in [4.69, 9.17) is 0 Å². The lowest BCUT2D eigenvalue weighted by Gasteiger charge is -2.29. The number of nitrogens with zero attached hydrogens (tertiary/aromatic N) is 2. The van der Waals surface area contributed by atoms with Crippen LogP contribution in [0.1, 0.15) is 28.9 Å². The summed E-state index contributed by atoms with van der Waals surface area (Å²) in [4.78, 5) is 14.7. The van der Waals surface area contributed by atoms with Gasteiger partial charge < -0.3 is 9.47 Å². The molecule has 0 saturated heterocycles. The molecule has 1 aliphatic heterocycles. The fourth-order valence-electron chi connectivity index (χ4n) is 3.16. The van der Waals surface area contributed by atoms with Gasteiger partial charge in [0.1, 0.15) is 0 Å². The van der Waals surface area contributed by atoms with Gasteiger partial charge in [0.05, 0.1) is 6.42 Å². The zero-order chi connectivity index (χ0) is 15.0. The van der Waals surface area contributed by atoms with Crippen molar-refractivity contribution < 1.29 is 4.79 Å². The van der Waals surface area contributed by atoms with E-state index in [2.05, 4.69) is 49.7 Å². The van der Waals surface area contributed by atoms with E-state index >= 15 is 0 Å². The first kappa shape index (κ1) is 13.9. The van der Waals surface area contributed by atoms with Gasteiger partial charge in [0.15, 0.2) is 0 Å². The zero-order valence-corrected chi connectivity index (χ0v) is 13.0. The average Bonchev–Trinajstić information content (AvgIpc) is 2.74. The van der Waals surface area contributed by atoms with Crippen molar-refractivity contribution >= 4 is 11.6 Å². The monoisotopic (exact) mass is 282 g/mol. The Balaban J connectivity index is 1.85. The van der Waals surface area contributed by atoms with Crippen LogP contribution < -0.4 is 4.90 Å². The highest BCUT2D eigenvalue weighted by atomic mass is 16.2. The molecule has 2 aromatic rings. The number of carbonyl (C=O) groups is 1. The van der Waals surface area contributed by atoms with Crippen LogP contribution in [0, 0.1) is 13.8 Å². The van der Waals surface area contributed by atoms with Crippen molar-refractivity contribution in [1.29, 1.82) is 0 Å². The van der Waals surface area contributed by atoms with Crippen LogP contribution in [0.15, 0.2) is 30.3 Å². The third-order valence-corrected chi connectivity index (χ3v) is 4.63. The topological polar surface area (TPSA) is 25.2 Å². The number of hydrogen-bond donors (Lipinski definition) is 0. The molecule has 1 amide bonds. The number of aryl methyl sites for hydroxylation is 2. The number of benzene rings is 1.